The SMILES string of the molecule is CCC1(n2c(CCl)nc3cc(F)ccc32)CCC1. The fourth-order valence-corrected chi connectivity index (χ4v) is 3.22. The molecule has 4 heteroatoms. The Kier molecular flexibility index (Phi) is 2.81. The fraction of sp³-hybridized carbons (Fsp3) is 0.500. The molecule has 0 amide bonds. The third-order valence-electron chi connectivity index (χ3n) is 4.22. The molecule has 0 radical (unpaired) electrons. The number of rotatable bonds is 3. The van der Waals surface area contributed by atoms with Gasteiger partial charge in [0.15, 0.2) is 0 Å². The molecule has 18 heavy (non-hydrogen) atoms. The van der Waals surface area contributed by atoms with Crippen molar-refractivity contribution in [2.45, 2.75) is 44.0 Å². The Morgan fingerprint density at radius 2 is 2.22 bits per heavy atom. The number of aromatic nitrogens is 2. The van der Waals surface area contributed by atoms with Gasteiger partial charge in [-0.25, -0.2) is 9.37 Å². The van der Waals surface area contributed by atoms with E-state index in [0.29, 0.717) is 11.4 Å². The average molecular weight is 267 g/mol. The fourth-order valence-electron chi connectivity index (χ4n) is 3.04. The first-order valence-corrected chi connectivity index (χ1v) is 6.97. The van der Waals surface area contributed by atoms with Crippen LogP contribution in [0.4, 0.5) is 4.39 Å². The van der Waals surface area contributed by atoms with E-state index in [9.17, 15) is 4.39 Å². The molecule has 0 bridgehead atoms. The first kappa shape index (κ1) is 12.0. The normalized spacial score (nSPS) is 17.9. The van der Waals surface area contributed by atoms with Crippen LogP contribution in [0.1, 0.15) is 38.4 Å². The van der Waals surface area contributed by atoms with Gasteiger partial charge >= 0.3 is 0 Å². The van der Waals surface area contributed by atoms with Gasteiger partial charge in [-0.2, -0.15) is 0 Å². The maximum absolute atomic E-state index is 13.3. The monoisotopic (exact) mass is 266 g/mol. The lowest BCUT2D eigenvalue weighted by Crippen LogP contribution is -2.40. The predicted octanol–water partition coefficient (Wildman–Crippen LogP) is 4.20. The Hall–Kier alpha value is -1.09. The summed E-state index contributed by atoms with van der Waals surface area (Å²) in [4.78, 5) is 4.48. The van der Waals surface area contributed by atoms with Crippen molar-refractivity contribution in [3.63, 3.8) is 0 Å². The first-order valence-electron chi connectivity index (χ1n) is 6.43. The molecule has 0 aliphatic heterocycles. The van der Waals surface area contributed by atoms with Crippen LogP contribution in [0.2, 0.25) is 0 Å². The summed E-state index contributed by atoms with van der Waals surface area (Å²) >= 11 is 6.01. The number of hydrogen-bond acceptors (Lipinski definition) is 1. The van der Waals surface area contributed by atoms with E-state index in [0.717, 1.165) is 30.6 Å². The van der Waals surface area contributed by atoms with Gasteiger partial charge in [0, 0.05) is 11.6 Å². The highest BCUT2D eigenvalue weighted by Crippen LogP contribution is 2.44. The van der Waals surface area contributed by atoms with Crippen LogP contribution in [0.5, 0.6) is 0 Å². The smallest absolute Gasteiger partial charge is 0.125 e. The topological polar surface area (TPSA) is 17.8 Å². The summed E-state index contributed by atoms with van der Waals surface area (Å²) in [5.41, 5.74) is 1.87. The van der Waals surface area contributed by atoms with Gasteiger partial charge in [0.1, 0.15) is 11.6 Å². The van der Waals surface area contributed by atoms with Crippen molar-refractivity contribution in [1.29, 1.82) is 0 Å². The molecule has 1 aliphatic rings. The molecule has 0 spiro atoms. The summed E-state index contributed by atoms with van der Waals surface area (Å²) in [5.74, 6) is 0.990. The Labute approximate surface area is 111 Å². The van der Waals surface area contributed by atoms with E-state index in [-0.39, 0.29) is 11.4 Å². The molecule has 3 rings (SSSR count). The van der Waals surface area contributed by atoms with Gasteiger partial charge in [0.25, 0.3) is 0 Å². The van der Waals surface area contributed by atoms with Crippen LogP contribution in [0.15, 0.2) is 18.2 Å². The van der Waals surface area contributed by atoms with E-state index in [1.807, 2.05) is 6.07 Å². The molecule has 2 aromatic rings. The van der Waals surface area contributed by atoms with Crippen molar-refractivity contribution in [2.75, 3.05) is 0 Å². The molecular formula is C14H16ClFN2. The van der Waals surface area contributed by atoms with Crippen molar-refractivity contribution in [3.05, 3.63) is 29.8 Å². The van der Waals surface area contributed by atoms with Crippen LogP contribution in [0.3, 0.4) is 0 Å². The second-order valence-electron chi connectivity index (χ2n) is 5.06. The van der Waals surface area contributed by atoms with Crippen LogP contribution < -0.4 is 0 Å². The summed E-state index contributed by atoms with van der Waals surface area (Å²) < 4.78 is 15.5. The molecule has 1 aromatic heterocycles. The zero-order valence-corrected chi connectivity index (χ0v) is 11.2. The van der Waals surface area contributed by atoms with Crippen LogP contribution in [0.25, 0.3) is 11.0 Å². The Bertz CT molecular complexity index is 581. The minimum absolute atomic E-state index is 0.150. The molecule has 0 N–H and O–H groups in total. The molecule has 1 saturated carbocycles. The number of halogens is 2. The third kappa shape index (κ3) is 1.57. The van der Waals surface area contributed by atoms with Crippen molar-refractivity contribution in [1.82, 2.24) is 9.55 Å². The lowest BCUT2D eigenvalue weighted by Gasteiger charge is -2.44. The molecule has 0 saturated heterocycles. The van der Waals surface area contributed by atoms with Crippen molar-refractivity contribution >= 4 is 22.6 Å². The van der Waals surface area contributed by atoms with Crippen LogP contribution in [0, 0.1) is 5.82 Å². The average Bonchev–Trinajstić information content (AvgIpc) is 2.67. The zero-order chi connectivity index (χ0) is 12.8. The van der Waals surface area contributed by atoms with E-state index in [2.05, 4.69) is 16.5 Å². The summed E-state index contributed by atoms with van der Waals surface area (Å²) in [7, 11) is 0. The minimum Gasteiger partial charge on any atom is -0.321 e. The predicted molar refractivity (Wildman–Crippen MR) is 71.4 cm³/mol. The third-order valence-corrected chi connectivity index (χ3v) is 4.46. The molecular weight excluding hydrogens is 251 g/mol. The number of imidazole rings is 1. The van der Waals surface area contributed by atoms with E-state index < -0.39 is 0 Å². The van der Waals surface area contributed by atoms with E-state index in [4.69, 9.17) is 11.6 Å². The van der Waals surface area contributed by atoms with Gasteiger partial charge in [0.2, 0.25) is 0 Å². The highest BCUT2D eigenvalue weighted by molar-refractivity contribution is 6.16. The molecule has 0 unspecified atom stereocenters. The Morgan fingerprint density at radius 1 is 1.44 bits per heavy atom. The van der Waals surface area contributed by atoms with Gasteiger partial charge in [-0.15, -0.1) is 11.6 Å². The molecule has 2 nitrogen and oxygen atoms in total. The number of fused-ring (bicyclic) bond motifs is 1. The maximum Gasteiger partial charge on any atom is 0.125 e. The minimum atomic E-state index is -0.243. The molecule has 96 valence electrons. The lowest BCUT2D eigenvalue weighted by molar-refractivity contribution is 0.138. The molecule has 1 fully saturated rings. The van der Waals surface area contributed by atoms with Gasteiger partial charge in [0.05, 0.1) is 16.9 Å². The van der Waals surface area contributed by atoms with E-state index in [1.54, 1.807) is 0 Å². The molecule has 1 aromatic carbocycles. The molecule has 0 atom stereocenters. The number of benzene rings is 1. The standard InChI is InChI=1S/C14H16ClFN2/c1-2-14(6-3-7-14)18-12-5-4-10(16)8-11(12)17-13(18)9-15/h4-5,8H,2-3,6-7,9H2,1H3. The highest BCUT2D eigenvalue weighted by atomic mass is 35.5. The summed E-state index contributed by atoms with van der Waals surface area (Å²) in [6.45, 7) is 2.20. The maximum atomic E-state index is 13.3. The zero-order valence-electron chi connectivity index (χ0n) is 10.4. The van der Waals surface area contributed by atoms with Gasteiger partial charge in [-0.3, -0.25) is 0 Å². The van der Waals surface area contributed by atoms with Crippen molar-refractivity contribution in [3.8, 4) is 0 Å². The Balaban J connectivity index is 2.25. The summed E-state index contributed by atoms with van der Waals surface area (Å²) in [5, 5.41) is 0. The quantitative estimate of drug-likeness (QED) is 0.761. The van der Waals surface area contributed by atoms with Crippen LogP contribution >= 0.6 is 11.6 Å². The summed E-state index contributed by atoms with van der Waals surface area (Å²) in [6, 6.07) is 4.81. The second kappa shape index (κ2) is 4.23. The Morgan fingerprint density at radius 3 is 2.78 bits per heavy atom. The highest BCUT2D eigenvalue weighted by Gasteiger charge is 2.39. The van der Waals surface area contributed by atoms with E-state index >= 15 is 0 Å². The first-order chi connectivity index (χ1) is 8.70. The van der Waals surface area contributed by atoms with E-state index in [1.165, 1.54) is 18.6 Å². The molecule has 1 heterocycles. The summed E-state index contributed by atoms with van der Waals surface area (Å²) in [6.07, 6.45) is 4.64. The van der Waals surface area contributed by atoms with Crippen LogP contribution in [-0.4, -0.2) is 9.55 Å². The largest absolute Gasteiger partial charge is 0.321 e. The van der Waals surface area contributed by atoms with Gasteiger partial charge < -0.3 is 4.57 Å². The number of nitrogens with zero attached hydrogens (tertiary/aromatic N) is 2. The van der Waals surface area contributed by atoms with Crippen LogP contribution in [-0.2, 0) is 11.4 Å². The van der Waals surface area contributed by atoms with Gasteiger partial charge in [-0.1, -0.05) is 6.92 Å². The molecule has 1 aliphatic carbocycles. The number of hydrogen-bond donors (Lipinski definition) is 0. The second-order valence-corrected chi connectivity index (χ2v) is 5.33. The van der Waals surface area contributed by atoms with Crippen molar-refractivity contribution in [2.24, 2.45) is 0 Å². The lowest BCUT2D eigenvalue weighted by atomic mass is 9.74. The van der Waals surface area contributed by atoms with Crippen molar-refractivity contribution < 1.29 is 4.39 Å². The van der Waals surface area contributed by atoms with Gasteiger partial charge in [-0.05, 0) is 37.8 Å². The number of alkyl halides is 1.